The zero-order valence-corrected chi connectivity index (χ0v) is 13.4. The second-order valence-electron chi connectivity index (χ2n) is 6.80. The van der Waals surface area contributed by atoms with Crippen molar-refractivity contribution in [2.45, 2.75) is 26.2 Å². The molecule has 0 bridgehead atoms. The molecule has 1 amide bonds. The molecule has 2 fully saturated rings. The quantitative estimate of drug-likeness (QED) is 0.891. The molecule has 122 valence electrons. The van der Waals surface area contributed by atoms with E-state index in [1.807, 2.05) is 24.0 Å². The van der Waals surface area contributed by atoms with Crippen molar-refractivity contribution in [3.8, 4) is 11.5 Å². The first-order valence-electron chi connectivity index (χ1n) is 8.28. The Morgan fingerprint density at radius 1 is 1.30 bits per heavy atom. The van der Waals surface area contributed by atoms with Crippen molar-refractivity contribution in [3.63, 3.8) is 0 Å². The molecule has 6 heteroatoms. The van der Waals surface area contributed by atoms with Gasteiger partial charge in [-0.25, -0.2) is 0 Å². The number of likely N-dealkylation sites (tertiary alicyclic amines) is 1. The van der Waals surface area contributed by atoms with E-state index in [1.54, 1.807) is 6.07 Å². The molecule has 2 saturated heterocycles. The van der Waals surface area contributed by atoms with Crippen LogP contribution < -0.4 is 5.32 Å². The molecule has 2 aromatic heterocycles. The summed E-state index contributed by atoms with van der Waals surface area (Å²) in [6, 6.07) is 5.56. The zero-order chi connectivity index (χ0) is 15.9. The predicted molar refractivity (Wildman–Crippen MR) is 86.1 cm³/mol. The Labute approximate surface area is 135 Å². The molecule has 0 saturated carbocycles. The van der Waals surface area contributed by atoms with E-state index in [1.165, 1.54) is 6.42 Å². The largest absolute Gasteiger partial charge is 0.460 e. The van der Waals surface area contributed by atoms with Gasteiger partial charge < -0.3 is 14.6 Å². The summed E-state index contributed by atoms with van der Waals surface area (Å²) in [4.78, 5) is 14.6. The lowest BCUT2D eigenvalue weighted by Gasteiger charge is -2.38. The van der Waals surface area contributed by atoms with E-state index < -0.39 is 0 Å². The first-order valence-corrected chi connectivity index (χ1v) is 8.28. The van der Waals surface area contributed by atoms with E-state index >= 15 is 0 Å². The number of aryl methyl sites for hydroxylation is 1. The number of nitrogens with zero attached hydrogens (tertiary/aromatic N) is 2. The van der Waals surface area contributed by atoms with Gasteiger partial charge in [-0.2, -0.15) is 5.10 Å². The maximum atomic E-state index is 12.7. The van der Waals surface area contributed by atoms with E-state index in [9.17, 15) is 4.79 Å². The Balaban J connectivity index is 1.44. The molecule has 0 radical (unpaired) electrons. The third kappa shape index (κ3) is 2.67. The number of aromatic amines is 1. The fourth-order valence-corrected chi connectivity index (χ4v) is 3.71. The van der Waals surface area contributed by atoms with Gasteiger partial charge in [0.25, 0.3) is 5.91 Å². The van der Waals surface area contributed by atoms with E-state index in [2.05, 4.69) is 15.5 Å². The van der Waals surface area contributed by atoms with E-state index in [0.717, 1.165) is 50.5 Å². The lowest BCUT2D eigenvalue weighted by atomic mass is 9.78. The highest BCUT2D eigenvalue weighted by molar-refractivity contribution is 5.93. The van der Waals surface area contributed by atoms with Crippen molar-refractivity contribution < 1.29 is 9.21 Å². The summed E-state index contributed by atoms with van der Waals surface area (Å²) in [7, 11) is 0. The fraction of sp³-hybridized carbons (Fsp3) is 0.529. The minimum absolute atomic E-state index is 0.0107. The van der Waals surface area contributed by atoms with Gasteiger partial charge in [-0.3, -0.25) is 9.89 Å². The van der Waals surface area contributed by atoms with Crippen LogP contribution in [0.1, 0.15) is 35.5 Å². The minimum Gasteiger partial charge on any atom is -0.460 e. The number of aromatic nitrogens is 2. The topological polar surface area (TPSA) is 74.2 Å². The van der Waals surface area contributed by atoms with Crippen molar-refractivity contribution >= 4 is 5.91 Å². The van der Waals surface area contributed by atoms with Gasteiger partial charge in [0, 0.05) is 25.7 Å². The molecule has 2 N–H and O–H groups in total. The molecule has 2 aromatic rings. The summed E-state index contributed by atoms with van der Waals surface area (Å²) in [5.41, 5.74) is 1.63. The standard InChI is InChI=1S/C17H22N4O2/c1-12-2-3-15(23-12)13-10-14(20-19-13)16(22)21-8-5-17(6-9-21)4-7-18-11-17/h2-3,10,18H,4-9,11H2,1H3,(H,19,20). The summed E-state index contributed by atoms with van der Waals surface area (Å²) in [5, 5.41) is 10.5. The summed E-state index contributed by atoms with van der Waals surface area (Å²) < 4.78 is 5.57. The third-order valence-corrected chi connectivity index (χ3v) is 5.25. The molecule has 1 spiro atoms. The van der Waals surface area contributed by atoms with E-state index in [0.29, 0.717) is 16.9 Å². The fourth-order valence-electron chi connectivity index (χ4n) is 3.71. The zero-order valence-electron chi connectivity index (χ0n) is 13.4. The SMILES string of the molecule is Cc1ccc(-c2cc(C(=O)N3CCC4(CCNC4)CC3)n[nH]2)o1. The van der Waals surface area contributed by atoms with Crippen LogP contribution in [0.2, 0.25) is 0 Å². The third-order valence-electron chi connectivity index (χ3n) is 5.25. The molecule has 23 heavy (non-hydrogen) atoms. The van der Waals surface area contributed by atoms with Crippen molar-refractivity contribution in [3.05, 3.63) is 29.7 Å². The molecular weight excluding hydrogens is 292 g/mol. The van der Waals surface area contributed by atoms with Crippen molar-refractivity contribution in [2.24, 2.45) is 5.41 Å². The first-order chi connectivity index (χ1) is 11.2. The Hall–Kier alpha value is -2.08. The normalized spacial score (nSPS) is 20.3. The van der Waals surface area contributed by atoms with E-state index in [4.69, 9.17) is 4.42 Å². The van der Waals surface area contributed by atoms with Crippen LogP contribution >= 0.6 is 0 Å². The van der Waals surface area contributed by atoms with Crippen molar-refractivity contribution in [1.29, 1.82) is 0 Å². The second-order valence-corrected chi connectivity index (χ2v) is 6.80. The number of amides is 1. The summed E-state index contributed by atoms with van der Waals surface area (Å²) in [6.45, 7) is 5.75. The number of H-pyrrole nitrogens is 1. The summed E-state index contributed by atoms with van der Waals surface area (Å²) >= 11 is 0. The number of carbonyl (C=O) groups excluding carboxylic acids is 1. The van der Waals surface area contributed by atoms with Crippen LogP contribution in [-0.4, -0.2) is 47.2 Å². The molecule has 4 heterocycles. The number of carbonyl (C=O) groups is 1. The maximum Gasteiger partial charge on any atom is 0.274 e. The lowest BCUT2D eigenvalue weighted by molar-refractivity contribution is 0.0602. The predicted octanol–water partition coefficient (Wildman–Crippen LogP) is 2.19. The molecule has 4 rings (SSSR count). The monoisotopic (exact) mass is 314 g/mol. The number of furan rings is 1. The van der Waals surface area contributed by atoms with Gasteiger partial charge in [-0.1, -0.05) is 0 Å². The molecule has 0 unspecified atom stereocenters. The number of nitrogens with one attached hydrogen (secondary N) is 2. The van der Waals surface area contributed by atoms with Gasteiger partial charge in [0.15, 0.2) is 11.5 Å². The average Bonchev–Trinajstić information content (AvgIpc) is 3.28. The molecule has 2 aliphatic rings. The first kappa shape index (κ1) is 14.5. The van der Waals surface area contributed by atoms with Gasteiger partial charge in [0.05, 0.1) is 0 Å². The van der Waals surface area contributed by atoms with Crippen molar-refractivity contribution in [2.75, 3.05) is 26.2 Å². The van der Waals surface area contributed by atoms with Crippen LogP contribution in [0.3, 0.4) is 0 Å². The Bertz CT molecular complexity index is 702. The Morgan fingerprint density at radius 2 is 2.13 bits per heavy atom. The molecule has 6 nitrogen and oxygen atoms in total. The second kappa shape index (κ2) is 5.53. The van der Waals surface area contributed by atoms with Crippen LogP contribution in [0.4, 0.5) is 0 Å². The van der Waals surface area contributed by atoms with E-state index in [-0.39, 0.29) is 5.91 Å². The van der Waals surface area contributed by atoms with Crippen LogP contribution in [0.25, 0.3) is 11.5 Å². The molecular formula is C17H22N4O2. The van der Waals surface area contributed by atoms with Gasteiger partial charge in [-0.15, -0.1) is 0 Å². The molecule has 0 aromatic carbocycles. The molecule has 0 aliphatic carbocycles. The highest BCUT2D eigenvalue weighted by Crippen LogP contribution is 2.37. The molecule has 0 atom stereocenters. The van der Waals surface area contributed by atoms with Gasteiger partial charge in [0.1, 0.15) is 11.5 Å². The van der Waals surface area contributed by atoms with Crippen LogP contribution in [0, 0.1) is 12.3 Å². The summed E-state index contributed by atoms with van der Waals surface area (Å²) in [6.07, 6.45) is 3.40. The minimum atomic E-state index is 0.0107. The number of hydrogen-bond acceptors (Lipinski definition) is 4. The van der Waals surface area contributed by atoms with Gasteiger partial charge >= 0.3 is 0 Å². The van der Waals surface area contributed by atoms with Crippen LogP contribution in [0.15, 0.2) is 22.6 Å². The Morgan fingerprint density at radius 3 is 2.78 bits per heavy atom. The highest BCUT2D eigenvalue weighted by atomic mass is 16.3. The average molecular weight is 314 g/mol. The highest BCUT2D eigenvalue weighted by Gasteiger charge is 2.38. The van der Waals surface area contributed by atoms with Crippen molar-refractivity contribution in [1.82, 2.24) is 20.4 Å². The summed E-state index contributed by atoms with van der Waals surface area (Å²) in [5.74, 6) is 1.56. The number of piperidine rings is 1. The van der Waals surface area contributed by atoms with Crippen LogP contribution in [-0.2, 0) is 0 Å². The van der Waals surface area contributed by atoms with Crippen LogP contribution in [0.5, 0.6) is 0 Å². The van der Waals surface area contributed by atoms with Gasteiger partial charge in [-0.05, 0) is 50.3 Å². The number of hydrogen-bond donors (Lipinski definition) is 2. The lowest BCUT2D eigenvalue weighted by Crippen LogP contribution is -2.44. The maximum absolute atomic E-state index is 12.7. The molecule has 2 aliphatic heterocycles. The Kier molecular flexibility index (Phi) is 3.49. The number of rotatable bonds is 2. The smallest absolute Gasteiger partial charge is 0.274 e. The van der Waals surface area contributed by atoms with Gasteiger partial charge in [0.2, 0.25) is 0 Å².